The second kappa shape index (κ2) is 7.20. The Kier molecular flexibility index (Phi) is 5.57. The minimum absolute atomic E-state index is 0.126. The number of hydrogen-bond acceptors (Lipinski definition) is 3. The molecule has 20 heavy (non-hydrogen) atoms. The van der Waals surface area contributed by atoms with Gasteiger partial charge in [0.25, 0.3) is 0 Å². The average molecular weight is 341 g/mol. The lowest BCUT2D eigenvalue weighted by Gasteiger charge is -2.25. The highest BCUT2D eigenvalue weighted by Gasteiger charge is 2.33. The molecule has 5 heteroatoms. The Morgan fingerprint density at radius 2 is 2.20 bits per heavy atom. The van der Waals surface area contributed by atoms with E-state index in [1.165, 1.54) is 0 Å². The second-order valence-corrected chi connectivity index (χ2v) is 6.00. The van der Waals surface area contributed by atoms with E-state index >= 15 is 0 Å². The number of benzene rings is 1. The summed E-state index contributed by atoms with van der Waals surface area (Å²) in [6, 6.07) is 8.40. The monoisotopic (exact) mass is 340 g/mol. The molecule has 110 valence electrons. The number of amides is 1. The van der Waals surface area contributed by atoms with Crippen molar-refractivity contribution in [1.82, 2.24) is 4.90 Å². The number of nitrogens with two attached hydrogens (primary N) is 1. The van der Waals surface area contributed by atoms with Gasteiger partial charge in [0.2, 0.25) is 5.91 Å². The predicted molar refractivity (Wildman–Crippen MR) is 82.2 cm³/mol. The number of halogens is 1. The third kappa shape index (κ3) is 4.04. The predicted octanol–water partition coefficient (Wildman–Crippen LogP) is 2.30. The van der Waals surface area contributed by atoms with E-state index in [-0.39, 0.29) is 12.0 Å². The van der Waals surface area contributed by atoms with E-state index in [1.54, 1.807) is 7.11 Å². The first-order chi connectivity index (χ1) is 9.65. The van der Waals surface area contributed by atoms with Crippen LogP contribution in [-0.2, 0) is 16.1 Å². The summed E-state index contributed by atoms with van der Waals surface area (Å²) < 4.78 is 6.25. The van der Waals surface area contributed by atoms with Crippen LogP contribution in [0.25, 0.3) is 0 Å². The van der Waals surface area contributed by atoms with Crippen molar-refractivity contribution in [2.45, 2.75) is 38.0 Å². The molecule has 0 radical (unpaired) electrons. The molecular formula is C15H21BrN2O2. The summed E-state index contributed by atoms with van der Waals surface area (Å²) in [6.45, 7) is 1.02. The normalized spacial score (nSPS) is 15.9. The second-order valence-electron chi connectivity index (χ2n) is 5.14. The highest BCUT2D eigenvalue weighted by atomic mass is 79.9. The molecule has 2 N–H and O–H groups in total. The standard InChI is InChI=1S/C15H21BrN2O2/c1-20-13(9-17)8-15(19)18(12-6-7-12)10-11-4-2-3-5-14(11)16/h2-5,12-13H,6-10,17H2,1H3. The number of hydrogen-bond donors (Lipinski definition) is 1. The summed E-state index contributed by atoms with van der Waals surface area (Å²) in [5.41, 5.74) is 6.73. The zero-order valence-corrected chi connectivity index (χ0v) is 13.3. The minimum atomic E-state index is -0.192. The number of nitrogens with zero attached hydrogens (tertiary/aromatic N) is 1. The van der Waals surface area contributed by atoms with Crippen LogP contribution in [-0.4, -0.2) is 36.6 Å². The van der Waals surface area contributed by atoms with Crippen molar-refractivity contribution in [1.29, 1.82) is 0 Å². The van der Waals surface area contributed by atoms with E-state index in [9.17, 15) is 4.79 Å². The van der Waals surface area contributed by atoms with E-state index in [4.69, 9.17) is 10.5 Å². The molecule has 1 aliphatic carbocycles. The minimum Gasteiger partial charge on any atom is -0.380 e. The molecule has 1 aromatic carbocycles. The summed E-state index contributed by atoms with van der Waals surface area (Å²) >= 11 is 3.54. The molecule has 0 heterocycles. The van der Waals surface area contributed by atoms with Crippen LogP contribution < -0.4 is 5.73 Å². The SMILES string of the molecule is COC(CN)CC(=O)N(Cc1ccccc1Br)C1CC1. The van der Waals surface area contributed by atoms with Crippen LogP contribution >= 0.6 is 15.9 Å². The van der Waals surface area contributed by atoms with Crippen molar-refractivity contribution in [3.8, 4) is 0 Å². The molecule has 0 aromatic heterocycles. The van der Waals surface area contributed by atoms with Gasteiger partial charge in [-0.2, -0.15) is 0 Å². The van der Waals surface area contributed by atoms with E-state index < -0.39 is 0 Å². The molecule has 4 nitrogen and oxygen atoms in total. The fourth-order valence-electron chi connectivity index (χ4n) is 2.19. The van der Waals surface area contributed by atoms with Crippen LogP contribution in [0.3, 0.4) is 0 Å². The van der Waals surface area contributed by atoms with Crippen LogP contribution in [0.1, 0.15) is 24.8 Å². The lowest BCUT2D eigenvalue weighted by atomic mass is 10.1. The van der Waals surface area contributed by atoms with Gasteiger partial charge in [-0.15, -0.1) is 0 Å². The molecule has 0 bridgehead atoms. The fraction of sp³-hybridized carbons (Fsp3) is 0.533. The zero-order valence-electron chi connectivity index (χ0n) is 11.7. The molecule has 2 rings (SSSR count). The van der Waals surface area contributed by atoms with E-state index in [0.717, 1.165) is 22.9 Å². The van der Waals surface area contributed by atoms with Crippen molar-refractivity contribution < 1.29 is 9.53 Å². The topological polar surface area (TPSA) is 55.6 Å². The highest BCUT2D eigenvalue weighted by Crippen LogP contribution is 2.30. The van der Waals surface area contributed by atoms with Crippen LogP contribution in [0.5, 0.6) is 0 Å². The maximum absolute atomic E-state index is 12.4. The van der Waals surface area contributed by atoms with Crippen molar-refractivity contribution >= 4 is 21.8 Å². The Hall–Kier alpha value is -0.910. The van der Waals surface area contributed by atoms with Gasteiger partial charge in [-0.25, -0.2) is 0 Å². The van der Waals surface area contributed by atoms with Crippen LogP contribution in [0.4, 0.5) is 0 Å². The van der Waals surface area contributed by atoms with E-state index in [1.807, 2.05) is 29.2 Å². The largest absolute Gasteiger partial charge is 0.380 e. The van der Waals surface area contributed by atoms with Crippen LogP contribution in [0, 0.1) is 0 Å². The molecule has 1 amide bonds. The number of carbonyl (C=O) groups is 1. The van der Waals surface area contributed by atoms with Gasteiger partial charge in [-0.05, 0) is 24.5 Å². The van der Waals surface area contributed by atoms with Crippen LogP contribution in [0.15, 0.2) is 28.7 Å². The zero-order chi connectivity index (χ0) is 14.5. The van der Waals surface area contributed by atoms with Gasteiger partial charge in [-0.3, -0.25) is 4.79 Å². The quantitative estimate of drug-likeness (QED) is 0.828. The third-order valence-electron chi connectivity index (χ3n) is 3.61. The molecule has 1 saturated carbocycles. The Morgan fingerprint density at radius 1 is 1.50 bits per heavy atom. The molecular weight excluding hydrogens is 320 g/mol. The Labute approximate surface area is 128 Å². The first-order valence-corrected chi connectivity index (χ1v) is 7.70. The first-order valence-electron chi connectivity index (χ1n) is 6.91. The molecule has 1 aliphatic rings. The van der Waals surface area contributed by atoms with Gasteiger partial charge in [0.15, 0.2) is 0 Å². The number of carbonyl (C=O) groups excluding carboxylic acids is 1. The van der Waals surface area contributed by atoms with Gasteiger partial charge < -0.3 is 15.4 Å². The molecule has 1 aromatic rings. The molecule has 1 fully saturated rings. The van der Waals surface area contributed by atoms with Gasteiger partial charge in [-0.1, -0.05) is 34.1 Å². The Bertz CT molecular complexity index is 459. The average Bonchev–Trinajstić information content (AvgIpc) is 3.28. The van der Waals surface area contributed by atoms with Gasteiger partial charge in [0, 0.05) is 30.7 Å². The maximum atomic E-state index is 12.4. The van der Waals surface area contributed by atoms with Crippen molar-refractivity contribution in [2.75, 3.05) is 13.7 Å². The summed E-state index contributed by atoms with van der Waals surface area (Å²) in [4.78, 5) is 14.4. The summed E-state index contributed by atoms with van der Waals surface area (Å²) in [6.07, 6.45) is 2.35. The molecule has 0 spiro atoms. The smallest absolute Gasteiger partial charge is 0.225 e. The van der Waals surface area contributed by atoms with Crippen molar-refractivity contribution in [2.24, 2.45) is 5.73 Å². The number of rotatable bonds is 7. The van der Waals surface area contributed by atoms with Gasteiger partial charge in [0.05, 0.1) is 12.5 Å². The van der Waals surface area contributed by atoms with Gasteiger partial charge >= 0.3 is 0 Å². The maximum Gasteiger partial charge on any atom is 0.225 e. The summed E-state index contributed by atoms with van der Waals surface area (Å²) in [5.74, 6) is 0.126. The Balaban J connectivity index is 2.04. The van der Waals surface area contributed by atoms with Crippen molar-refractivity contribution in [3.63, 3.8) is 0 Å². The summed E-state index contributed by atoms with van der Waals surface area (Å²) in [5, 5.41) is 0. The van der Waals surface area contributed by atoms with Crippen LogP contribution in [0.2, 0.25) is 0 Å². The third-order valence-corrected chi connectivity index (χ3v) is 4.38. The fourth-order valence-corrected chi connectivity index (χ4v) is 2.60. The van der Waals surface area contributed by atoms with Crippen molar-refractivity contribution in [3.05, 3.63) is 34.3 Å². The number of methoxy groups -OCH3 is 1. The van der Waals surface area contributed by atoms with E-state index in [0.29, 0.717) is 25.6 Å². The lowest BCUT2D eigenvalue weighted by molar-refractivity contribution is -0.134. The summed E-state index contributed by atoms with van der Waals surface area (Å²) in [7, 11) is 1.60. The Morgan fingerprint density at radius 3 is 2.75 bits per heavy atom. The first kappa shape index (κ1) is 15.5. The molecule has 0 aliphatic heterocycles. The highest BCUT2D eigenvalue weighted by molar-refractivity contribution is 9.10. The van der Waals surface area contributed by atoms with E-state index in [2.05, 4.69) is 15.9 Å². The number of ether oxygens (including phenoxy) is 1. The van der Waals surface area contributed by atoms with Gasteiger partial charge in [0.1, 0.15) is 0 Å². The molecule has 1 atom stereocenters. The lowest BCUT2D eigenvalue weighted by Crippen LogP contribution is -2.37. The molecule has 1 unspecified atom stereocenters. The molecule has 0 saturated heterocycles.